The molecule has 1 aliphatic heterocycles. The molecule has 4 nitrogen and oxygen atoms in total. The van der Waals surface area contributed by atoms with Crippen LogP contribution in [0.3, 0.4) is 0 Å². The highest BCUT2D eigenvalue weighted by Crippen LogP contribution is 2.29. The molecular formula is C17H23ClN4. The Bertz CT molecular complexity index is 623. The zero-order valence-electron chi connectivity index (χ0n) is 13.2. The molecule has 1 aromatic carbocycles. The molecule has 1 fully saturated rings. The van der Waals surface area contributed by atoms with Crippen molar-refractivity contribution in [3.8, 4) is 0 Å². The molecule has 1 saturated heterocycles. The van der Waals surface area contributed by atoms with Crippen LogP contribution in [0.25, 0.3) is 0 Å². The van der Waals surface area contributed by atoms with E-state index in [9.17, 15) is 0 Å². The predicted molar refractivity (Wildman–Crippen MR) is 90.1 cm³/mol. The second kappa shape index (κ2) is 6.82. The van der Waals surface area contributed by atoms with Gasteiger partial charge in [0.15, 0.2) is 0 Å². The van der Waals surface area contributed by atoms with Crippen molar-refractivity contribution in [2.75, 3.05) is 19.6 Å². The molecular weight excluding hydrogens is 296 g/mol. The Labute approximate surface area is 137 Å². The zero-order valence-corrected chi connectivity index (χ0v) is 13.9. The van der Waals surface area contributed by atoms with Crippen molar-refractivity contribution in [1.82, 2.24) is 19.8 Å². The van der Waals surface area contributed by atoms with Gasteiger partial charge < -0.3 is 9.88 Å². The highest BCUT2D eigenvalue weighted by molar-refractivity contribution is 6.31. The van der Waals surface area contributed by atoms with Crippen LogP contribution in [0.1, 0.15) is 37.3 Å². The second-order valence-electron chi connectivity index (χ2n) is 6.06. The maximum atomic E-state index is 6.41. The first kappa shape index (κ1) is 15.5. The summed E-state index contributed by atoms with van der Waals surface area (Å²) in [6.45, 7) is 8.15. The van der Waals surface area contributed by atoms with Crippen LogP contribution >= 0.6 is 11.6 Å². The first-order valence-electron chi connectivity index (χ1n) is 7.87. The number of nitrogens with zero attached hydrogens (tertiary/aromatic N) is 3. The Hall–Kier alpha value is -1.36. The maximum absolute atomic E-state index is 6.41. The molecule has 5 heteroatoms. The SMILES string of the molecule is CC(C)n1ccnc1CN1CCNCC1c1ccccc1Cl. The Morgan fingerprint density at radius 3 is 2.95 bits per heavy atom. The van der Waals surface area contributed by atoms with Crippen molar-refractivity contribution in [2.45, 2.75) is 32.5 Å². The van der Waals surface area contributed by atoms with Gasteiger partial charge in [0.2, 0.25) is 0 Å². The van der Waals surface area contributed by atoms with E-state index in [1.807, 2.05) is 18.3 Å². The molecule has 118 valence electrons. The Morgan fingerprint density at radius 2 is 2.18 bits per heavy atom. The fraction of sp³-hybridized carbons (Fsp3) is 0.471. The summed E-state index contributed by atoms with van der Waals surface area (Å²) in [6.07, 6.45) is 3.95. The monoisotopic (exact) mass is 318 g/mol. The summed E-state index contributed by atoms with van der Waals surface area (Å²) >= 11 is 6.41. The minimum absolute atomic E-state index is 0.291. The van der Waals surface area contributed by atoms with Crippen molar-refractivity contribution < 1.29 is 0 Å². The molecule has 22 heavy (non-hydrogen) atoms. The minimum atomic E-state index is 0.291. The van der Waals surface area contributed by atoms with E-state index in [4.69, 9.17) is 11.6 Å². The topological polar surface area (TPSA) is 33.1 Å². The van der Waals surface area contributed by atoms with E-state index in [0.717, 1.165) is 37.0 Å². The van der Waals surface area contributed by atoms with Crippen LogP contribution in [0.15, 0.2) is 36.7 Å². The second-order valence-corrected chi connectivity index (χ2v) is 6.46. The van der Waals surface area contributed by atoms with Gasteiger partial charge >= 0.3 is 0 Å². The lowest BCUT2D eigenvalue weighted by Gasteiger charge is -2.36. The van der Waals surface area contributed by atoms with Gasteiger partial charge in [0, 0.05) is 49.1 Å². The highest BCUT2D eigenvalue weighted by Gasteiger charge is 2.26. The number of nitrogens with one attached hydrogen (secondary N) is 1. The average molecular weight is 319 g/mol. The Kier molecular flexibility index (Phi) is 4.81. The van der Waals surface area contributed by atoms with Crippen LogP contribution < -0.4 is 5.32 Å². The van der Waals surface area contributed by atoms with Crippen LogP contribution in [0, 0.1) is 0 Å². The molecule has 0 aliphatic carbocycles. The summed E-state index contributed by atoms with van der Waals surface area (Å²) in [6, 6.07) is 8.86. The molecule has 1 aliphatic rings. The van der Waals surface area contributed by atoms with Gasteiger partial charge in [-0.1, -0.05) is 29.8 Å². The number of benzene rings is 1. The summed E-state index contributed by atoms with van der Waals surface area (Å²) < 4.78 is 2.24. The van der Waals surface area contributed by atoms with E-state index in [1.54, 1.807) is 0 Å². The lowest BCUT2D eigenvalue weighted by molar-refractivity contribution is 0.147. The molecule has 2 heterocycles. The van der Waals surface area contributed by atoms with Crippen LogP contribution in [0.2, 0.25) is 5.02 Å². The van der Waals surface area contributed by atoms with Crippen molar-refractivity contribution >= 4 is 11.6 Å². The van der Waals surface area contributed by atoms with Crippen LogP contribution in [0.5, 0.6) is 0 Å². The Balaban J connectivity index is 1.84. The molecule has 0 saturated carbocycles. The van der Waals surface area contributed by atoms with Gasteiger partial charge in [-0.25, -0.2) is 4.98 Å². The van der Waals surface area contributed by atoms with Gasteiger partial charge in [-0.15, -0.1) is 0 Å². The first-order chi connectivity index (χ1) is 10.7. The van der Waals surface area contributed by atoms with Gasteiger partial charge in [0.05, 0.1) is 6.54 Å². The van der Waals surface area contributed by atoms with E-state index in [-0.39, 0.29) is 0 Å². The standard InChI is InChI=1S/C17H23ClN4/c1-13(2)22-10-8-20-17(22)12-21-9-7-19-11-16(21)14-5-3-4-6-15(14)18/h3-6,8,10,13,16,19H,7,9,11-12H2,1-2H3. The number of halogens is 1. The third-order valence-corrected chi connectivity index (χ3v) is 4.61. The van der Waals surface area contributed by atoms with Gasteiger partial charge in [-0.3, -0.25) is 4.90 Å². The van der Waals surface area contributed by atoms with Gasteiger partial charge in [0.1, 0.15) is 5.82 Å². The molecule has 3 rings (SSSR count). The van der Waals surface area contributed by atoms with Gasteiger partial charge in [-0.05, 0) is 25.5 Å². The molecule has 0 radical (unpaired) electrons. The summed E-state index contributed by atoms with van der Waals surface area (Å²) in [4.78, 5) is 7.02. The van der Waals surface area contributed by atoms with Crippen LogP contribution in [-0.4, -0.2) is 34.1 Å². The smallest absolute Gasteiger partial charge is 0.123 e. The summed E-state index contributed by atoms with van der Waals surface area (Å²) in [5, 5.41) is 4.32. The van der Waals surface area contributed by atoms with E-state index in [2.05, 4.69) is 51.9 Å². The molecule has 0 spiro atoms. The third kappa shape index (κ3) is 3.19. The maximum Gasteiger partial charge on any atom is 0.123 e. The number of piperazine rings is 1. The third-order valence-electron chi connectivity index (χ3n) is 4.27. The average Bonchev–Trinajstić information content (AvgIpc) is 2.97. The molecule has 2 aromatic rings. The van der Waals surface area contributed by atoms with E-state index in [0.29, 0.717) is 12.1 Å². The number of hydrogen-bond acceptors (Lipinski definition) is 3. The van der Waals surface area contributed by atoms with Gasteiger partial charge in [0.25, 0.3) is 0 Å². The fourth-order valence-corrected chi connectivity index (χ4v) is 3.37. The van der Waals surface area contributed by atoms with E-state index < -0.39 is 0 Å². The lowest BCUT2D eigenvalue weighted by atomic mass is 10.0. The predicted octanol–water partition coefficient (Wildman–Crippen LogP) is 3.26. The molecule has 1 atom stereocenters. The van der Waals surface area contributed by atoms with E-state index >= 15 is 0 Å². The van der Waals surface area contributed by atoms with Crippen molar-refractivity contribution in [1.29, 1.82) is 0 Å². The molecule has 1 unspecified atom stereocenters. The number of hydrogen-bond donors (Lipinski definition) is 1. The van der Waals surface area contributed by atoms with Crippen LogP contribution in [0.4, 0.5) is 0 Å². The lowest BCUT2D eigenvalue weighted by Crippen LogP contribution is -2.46. The largest absolute Gasteiger partial charge is 0.331 e. The number of aromatic nitrogens is 2. The van der Waals surface area contributed by atoms with E-state index in [1.165, 1.54) is 5.56 Å². The first-order valence-corrected chi connectivity index (χ1v) is 8.25. The number of rotatable bonds is 4. The van der Waals surface area contributed by atoms with Crippen molar-refractivity contribution in [3.05, 3.63) is 53.1 Å². The summed E-state index contributed by atoms with van der Waals surface area (Å²) in [5.41, 5.74) is 1.19. The fourth-order valence-electron chi connectivity index (χ4n) is 3.11. The van der Waals surface area contributed by atoms with Gasteiger partial charge in [-0.2, -0.15) is 0 Å². The molecule has 1 aromatic heterocycles. The van der Waals surface area contributed by atoms with Crippen molar-refractivity contribution in [3.63, 3.8) is 0 Å². The Morgan fingerprint density at radius 1 is 1.36 bits per heavy atom. The zero-order chi connectivity index (χ0) is 15.5. The molecule has 0 amide bonds. The summed E-state index contributed by atoms with van der Waals surface area (Å²) in [7, 11) is 0. The highest BCUT2D eigenvalue weighted by atomic mass is 35.5. The molecule has 1 N–H and O–H groups in total. The summed E-state index contributed by atoms with van der Waals surface area (Å²) in [5.74, 6) is 1.12. The normalized spacial score (nSPS) is 19.7. The quantitative estimate of drug-likeness (QED) is 0.939. The van der Waals surface area contributed by atoms with Crippen molar-refractivity contribution in [2.24, 2.45) is 0 Å². The minimum Gasteiger partial charge on any atom is -0.331 e. The van der Waals surface area contributed by atoms with Crippen LogP contribution in [-0.2, 0) is 6.54 Å². The number of imidazole rings is 1. The molecule has 0 bridgehead atoms.